The van der Waals surface area contributed by atoms with Gasteiger partial charge in [0.25, 0.3) is 5.91 Å². The summed E-state index contributed by atoms with van der Waals surface area (Å²) >= 11 is 0. The van der Waals surface area contributed by atoms with Crippen molar-refractivity contribution in [3.05, 3.63) is 90.1 Å². The lowest BCUT2D eigenvalue weighted by atomic mass is 10.1. The van der Waals surface area contributed by atoms with Crippen LogP contribution in [0.3, 0.4) is 0 Å². The van der Waals surface area contributed by atoms with Crippen molar-refractivity contribution in [1.29, 1.82) is 0 Å². The summed E-state index contributed by atoms with van der Waals surface area (Å²) in [5.41, 5.74) is 4.03. The predicted molar refractivity (Wildman–Crippen MR) is 139 cm³/mol. The van der Waals surface area contributed by atoms with Gasteiger partial charge in [-0.05, 0) is 54.4 Å². The van der Waals surface area contributed by atoms with Crippen molar-refractivity contribution in [1.82, 2.24) is 10.3 Å². The minimum Gasteiger partial charge on any atom is -0.497 e. The van der Waals surface area contributed by atoms with E-state index in [-0.39, 0.29) is 11.8 Å². The molecule has 1 aromatic heterocycles. The molecular formula is C27H27N5O3. The van der Waals surface area contributed by atoms with E-state index in [0.29, 0.717) is 35.9 Å². The molecule has 0 aliphatic heterocycles. The van der Waals surface area contributed by atoms with Gasteiger partial charge >= 0.3 is 0 Å². The minimum absolute atomic E-state index is 0.172. The Hall–Kier alpha value is -4.59. The fourth-order valence-corrected chi connectivity index (χ4v) is 3.66. The molecule has 1 heterocycles. The number of fused-ring (bicyclic) bond motifs is 1. The molecule has 4 aromatic rings. The number of ether oxygens (including phenoxy) is 1. The van der Waals surface area contributed by atoms with E-state index in [2.05, 4.69) is 32.0 Å². The van der Waals surface area contributed by atoms with Gasteiger partial charge in [-0.1, -0.05) is 24.3 Å². The van der Waals surface area contributed by atoms with E-state index in [1.165, 1.54) is 6.92 Å². The Morgan fingerprint density at radius 2 is 1.74 bits per heavy atom. The van der Waals surface area contributed by atoms with Crippen LogP contribution in [-0.2, 0) is 11.2 Å². The van der Waals surface area contributed by atoms with Crippen molar-refractivity contribution in [3.63, 3.8) is 0 Å². The number of nitrogens with zero attached hydrogens (tertiary/aromatic N) is 1. The maximum absolute atomic E-state index is 12.9. The topological polar surface area (TPSA) is 108 Å². The van der Waals surface area contributed by atoms with E-state index in [4.69, 9.17) is 4.74 Å². The minimum atomic E-state index is -0.319. The highest BCUT2D eigenvalue weighted by Crippen LogP contribution is 2.19. The Labute approximate surface area is 203 Å². The van der Waals surface area contributed by atoms with Crippen LogP contribution < -0.4 is 20.7 Å². The van der Waals surface area contributed by atoms with E-state index >= 15 is 0 Å². The molecule has 35 heavy (non-hydrogen) atoms. The number of aliphatic imine (C=N–C) groups is 1. The molecule has 0 saturated heterocycles. The number of methoxy groups -OCH3 is 1. The molecule has 2 amide bonds. The van der Waals surface area contributed by atoms with Crippen LogP contribution >= 0.6 is 0 Å². The van der Waals surface area contributed by atoms with Crippen molar-refractivity contribution < 1.29 is 14.3 Å². The Kier molecular flexibility index (Phi) is 7.42. The molecule has 0 aliphatic rings. The van der Waals surface area contributed by atoms with Gasteiger partial charge < -0.3 is 20.4 Å². The van der Waals surface area contributed by atoms with Crippen LogP contribution in [0.4, 0.5) is 11.4 Å². The SMILES string of the molecule is COc1cccc(NC(=NCCc2c[nH]c3ccccc23)NC(=O)c2ccc(NC(C)=O)cc2)c1. The summed E-state index contributed by atoms with van der Waals surface area (Å²) in [4.78, 5) is 32.1. The number of anilines is 2. The number of carbonyl (C=O) groups is 2. The zero-order valence-corrected chi connectivity index (χ0v) is 19.6. The number of aromatic amines is 1. The van der Waals surface area contributed by atoms with Gasteiger partial charge in [0, 0.05) is 53.6 Å². The lowest BCUT2D eigenvalue weighted by molar-refractivity contribution is -0.114. The van der Waals surface area contributed by atoms with Crippen molar-refractivity contribution in [3.8, 4) is 5.75 Å². The summed E-state index contributed by atoms with van der Waals surface area (Å²) in [7, 11) is 1.60. The number of amides is 2. The van der Waals surface area contributed by atoms with Gasteiger partial charge in [-0.25, -0.2) is 0 Å². The Morgan fingerprint density at radius 3 is 2.51 bits per heavy atom. The van der Waals surface area contributed by atoms with E-state index in [1.54, 1.807) is 31.4 Å². The number of rotatable bonds is 7. The molecular weight excluding hydrogens is 442 g/mol. The Morgan fingerprint density at radius 1 is 0.943 bits per heavy atom. The summed E-state index contributed by atoms with van der Waals surface area (Å²) in [6.45, 7) is 1.90. The van der Waals surface area contributed by atoms with Crippen LogP contribution in [0.15, 0.2) is 84.0 Å². The lowest BCUT2D eigenvalue weighted by Crippen LogP contribution is -2.36. The molecule has 0 unspecified atom stereocenters. The van der Waals surface area contributed by atoms with Gasteiger partial charge in [0.2, 0.25) is 11.9 Å². The van der Waals surface area contributed by atoms with E-state index in [0.717, 1.165) is 22.2 Å². The first-order chi connectivity index (χ1) is 17.0. The average molecular weight is 470 g/mol. The molecule has 0 spiro atoms. The number of guanidine groups is 1. The first kappa shape index (κ1) is 23.6. The molecule has 3 aromatic carbocycles. The summed E-state index contributed by atoms with van der Waals surface area (Å²) in [5.74, 6) is 0.525. The number of nitrogens with one attached hydrogen (secondary N) is 4. The monoisotopic (exact) mass is 469 g/mol. The van der Waals surface area contributed by atoms with E-state index in [9.17, 15) is 9.59 Å². The summed E-state index contributed by atoms with van der Waals surface area (Å²) < 4.78 is 5.30. The highest BCUT2D eigenvalue weighted by atomic mass is 16.5. The van der Waals surface area contributed by atoms with Crippen LogP contribution in [0.2, 0.25) is 0 Å². The number of benzene rings is 3. The molecule has 0 aliphatic carbocycles. The quantitative estimate of drug-likeness (QED) is 0.235. The molecule has 0 saturated carbocycles. The third kappa shape index (κ3) is 6.26. The largest absolute Gasteiger partial charge is 0.497 e. The van der Waals surface area contributed by atoms with Gasteiger partial charge in [-0.15, -0.1) is 0 Å². The standard InChI is InChI=1S/C27H27N5O3/c1-18(33)30-21-12-10-19(11-13-21)26(34)32-27(31-22-6-5-7-23(16-22)35-2)28-15-14-20-17-29-25-9-4-3-8-24(20)25/h3-13,16-17,29H,14-15H2,1-2H3,(H,30,33)(H2,28,31,32,34). The molecule has 8 heteroatoms. The van der Waals surface area contributed by atoms with Crippen molar-refractivity contribution in [2.45, 2.75) is 13.3 Å². The highest BCUT2D eigenvalue weighted by Gasteiger charge is 2.11. The van der Waals surface area contributed by atoms with Crippen LogP contribution in [0.1, 0.15) is 22.8 Å². The van der Waals surface area contributed by atoms with E-state index in [1.807, 2.05) is 48.7 Å². The molecule has 0 radical (unpaired) electrons. The van der Waals surface area contributed by atoms with Crippen LogP contribution in [0, 0.1) is 0 Å². The molecule has 0 bridgehead atoms. The first-order valence-electron chi connectivity index (χ1n) is 11.2. The number of hydrogen-bond acceptors (Lipinski definition) is 4. The molecule has 0 atom stereocenters. The molecule has 178 valence electrons. The van der Waals surface area contributed by atoms with Gasteiger partial charge in [0.05, 0.1) is 7.11 Å². The second-order valence-corrected chi connectivity index (χ2v) is 7.91. The zero-order chi connectivity index (χ0) is 24.6. The van der Waals surface area contributed by atoms with Gasteiger partial charge in [0.15, 0.2) is 0 Å². The third-order valence-corrected chi connectivity index (χ3v) is 5.36. The van der Waals surface area contributed by atoms with Crippen molar-refractivity contribution in [2.24, 2.45) is 4.99 Å². The number of carbonyl (C=O) groups excluding carboxylic acids is 2. The van der Waals surface area contributed by atoms with Crippen LogP contribution in [0.5, 0.6) is 5.75 Å². The van der Waals surface area contributed by atoms with Crippen molar-refractivity contribution >= 4 is 40.1 Å². The second kappa shape index (κ2) is 11.0. The average Bonchev–Trinajstić information content (AvgIpc) is 3.27. The smallest absolute Gasteiger partial charge is 0.257 e. The lowest BCUT2D eigenvalue weighted by Gasteiger charge is -2.13. The maximum atomic E-state index is 12.9. The van der Waals surface area contributed by atoms with Crippen LogP contribution in [-0.4, -0.2) is 36.4 Å². The fourth-order valence-electron chi connectivity index (χ4n) is 3.66. The zero-order valence-electron chi connectivity index (χ0n) is 19.6. The molecule has 4 N–H and O–H groups in total. The highest BCUT2D eigenvalue weighted by molar-refractivity contribution is 6.10. The van der Waals surface area contributed by atoms with Crippen LogP contribution in [0.25, 0.3) is 10.9 Å². The summed E-state index contributed by atoms with van der Waals surface area (Å²) in [6, 6.07) is 22.2. The molecule has 4 rings (SSSR count). The number of hydrogen-bond donors (Lipinski definition) is 4. The Bertz CT molecular complexity index is 1360. The van der Waals surface area contributed by atoms with Gasteiger partial charge in [0.1, 0.15) is 5.75 Å². The predicted octanol–water partition coefficient (Wildman–Crippen LogP) is 4.58. The fraction of sp³-hybridized carbons (Fsp3) is 0.148. The molecule has 0 fully saturated rings. The summed E-state index contributed by atoms with van der Waals surface area (Å²) in [5, 5.41) is 9.89. The normalized spacial score (nSPS) is 11.2. The Balaban J connectivity index is 1.50. The number of para-hydroxylation sites is 1. The second-order valence-electron chi connectivity index (χ2n) is 7.91. The maximum Gasteiger partial charge on any atom is 0.257 e. The first-order valence-corrected chi connectivity index (χ1v) is 11.2. The third-order valence-electron chi connectivity index (χ3n) is 5.36. The van der Waals surface area contributed by atoms with Gasteiger partial charge in [-0.3, -0.25) is 19.9 Å². The number of H-pyrrole nitrogens is 1. The van der Waals surface area contributed by atoms with Crippen molar-refractivity contribution in [2.75, 3.05) is 24.3 Å². The number of aromatic nitrogens is 1. The van der Waals surface area contributed by atoms with Gasteiger partial charge in [-0.2, -0.15) is 0 Å². The summed E-state index contributed by atoms with van der Waals surface area (Å²) in [6.07, 6.45) is 2.69. The van der Waals surface area contributed by atoms with E-state index < -0.39 is 0 Å². The molecule has 8 nitrogen and oxygen atoms in total.